The fourth-order valence-electron chi connectivity index (χ4n) is 3.81. The zero-order valence-electron chi connectivity index (χ0n) is 18.1. The van der Waals surface area contributed by atoms with Crippen LogP contribution in [0.2, 0.25) is 0 Å². The number of carboxylic acids is 1. The highest BCUT2D eigenvalue weighted by atomic mass is 16.4. The monoisotopic (exact) mass is 435 g/mol. The summed E-state index contributed by atoms with van der Waals surface area (Å²) in [6, 6.07) is 9.91. The molecule has 2 aromatic rings. The van der Waals surface area contributed by atoms with E-state index in [0.29, 0.717) is 12.1 Å². The minimum atomic E-state index is -0.988. The number of aromatic nitrogens is 1. The number of aromatic carboxylic acids is 1. The van der Waals surface area contributed by atoms with E-state index in [9.17, 15) is 14.4 Å². The minimum Gasteiger partial charge on any atom is -0.478 e. The summed E-state index contributed by atoms with van der Waals surface area (Å²) in [5.74, 6) is -1.00. The van der Waals surface area contributed by atoms with Crippen LogP contribution in [0.5, 0.6) is 0 Å². The van der Waals surface area contributed by atoms with Crippen LogP contribution < -0.4 is 5.32 Å². The van der Waals surface area contributed by atoms with E-state index in [1.165, 1.54) is 18.2 Å². The number of hydrogen-bond donors (Lipinski definition) is 2. The lowest BCUT2D eigenvalue weighted by molar-refractivity contribution is -0.116. The highest BCUT2D eigenvalue weighted by Crippen LogP contribution is 2.22. The van der Waals surface area contributed by atoms with E-state index < -0.39 is 5.97 Å². The van der Waals surface area contributed by atoms with Gasteiger partial charge in [-0.15, -0.1) is 0 Å². The van der Waals surface area contributed by atoms with Crippen molar-refractivity contribution < 1.29 is 19.5 Å². The van der Waals surface area contributed by atoms with Crippen LogP contribution >= 0.6 is 0 Å². The van der Waals surface area contributed by atoms with Crippen LogP contribution in [0.3, 0.4) is 0 Å². The van der Waals surface area contributed by atoms with Gasteiger partial charge in [0.25, 0.3) is 0 Å². The molecule has 0 unspecified atom stereocenters. The molecule has 7 heteroatoms. The number of amides is 1. The second kappa shape index (κ2) is 11.9. The summed E-state index contributed by atoms with van der Waals surface area (Å²) in [7, 11) is 0. The maximum atomic E-state index is 12.7. The number of carboxylic acid groups (broad SMARTS) is 1. The number of benzene rings is 1. The number of piperidine rings is 1. The first kappa shape index (κ1) is 23.3. The van der Waals surface area contributed by atoms with Gasteiger partial charge in [0.05, 0.1) is 5.56 Å². The average Bonchev–Trinajstić information content (AvgIpc) is 2.83. The zero-order chi connectivity index (χ0) is 22.8. The Balaban J connectivity index is 1.30. The van der Waals surface area contributed by atoms with E-state index >= 15 is 0 Å². The fraction of sp³-hybridized carbons (Fsp3) is 0.360. The lowest BCUT2D eigenvalue weighted by Gasteiger charge is -2.31. The minimum absolute atomic E-state index is 0.00665. The first-order chi connectivity index (χ1) is 15.5. The first-order valence-corrected chi connectivity index (χ1v) is 11.0. The Morgan fingerprint density at radius 1 is 1.06 bits per heavy atom. The molecule has 1 saturated heterocycles. The molecule has 1 aliphatic rings. The van der Waals surface area contributed by atoms with Crippen molar-refractivity contribution in [2.45, 2.75) is 25.7 Å². The quantitative estimate of drug-likeness (QED) is 0.338. The third kappa shape index (κ3) is 7.13. The van der Waals surface area contributed by atoms with Gasteiger partial charge >= 0.3 is 5.97 Å². The number of ketones is 1. The van der Waals surface area contributed by atoms with Gasteiger partial charge in [0.1, 0.15) is 0 Å². The number of unbranched alkanes of at least 4 members (excludes halogenated alkanes) is 1. The summed E-state index contributed by atoms with van der Waals surface area (Å²) in [5.41, 5.74) is 1.67. The third-order valence-corrected chi connectivity index (χ3v) is 5.69. The lowest BCUT2D eigenvalue weighted by atomic mass is 9.88. The van der Waals surface area contributed by atoms with Gasteiger partial charge in [-0.3, -0.25) is 14.6 Å². The van der Waals surface area contributed by atoms with E-state index in [1.54, 1.807) is 30.6 Å². The molecule has 0 bridgehead atoms. The van der Waals surface area contributed by atoms with Crippen LogP contribution in [0.15, 0.2) is 54.9 Å². The number of hydrogen-bond acceptors (Lipinski definition) is 5. The van der Waals surface area contributed by atoms with Crippen LogP contribution in [0, 0.1) is 5.92 Å². The molecule has 1 aromatic carbocycles. The van der Waals surface area contributed by atoms with Gasteiger partial charge in [0.2, 0.25) is 5.91 Å². The van der Waals surface area contributed by atoms with Crippen molar-refractivity contribution in [3.8, 4) is 0 Å². The molecule has 0 spiro atoms. The van der Waals surface area contributed by atoms with Gasteiger partial charge in [-0.25, -0.2) is 4.79 Å². The topological polar surface area (TPSA) is 99.6 Å². The number of pyridine rings is 1. The van der Waals surface area contributed by atoms with Crippen LogP contribution in [0.25, 0.3) is 6.08 Å². The molecular formula is C25H29N3O4. The zero-order valence-corrected chi connectivity index (χ0v) is 18.1. The predicted octanol–water partition coefficient (Wildman–Crippen LogP) is 3.28. The molecule has 168 valence electrons. The van der Waals surface area contributed by atoms with Crippen LogP contribution in [-0.2, 0) is 4.79 Å². The summed E-state index contributed by atoms with van der Waals surface area (Å²) in [4.78, 5) is 41.9. The lowest BCUT2D eigenvalue weighted by Crippen LogP contribution is -2.37. The number of Topliss-reactive ketones (excluding diaryl/α,β-unsaturated/α-hetero) is 1. The van der Waals surface area contributed by atoms with Crippen molar-refractivity contribution in [3.63, 3.8) is 0 Å². The molecule has 7 nitrogen and oxygen atoms in total. The van der Waals surface area contributed by atoms with Crippen LogP contribution in [0.1, 0.15) is 52.0 Å². The number of likely N-dealkylation sites (tertiary alicyclic amines) is 1. The van der Waals surface area contributed by atoms with E-state index in [1.807, 2.05) is 12.1 Å². The number of carbonyl (C=O) groups excluding carboxylic acids is 2. The Kier molecular flexibility index (Phi) is 8.69. The molecule has 32 heavy (non-hydrogen) atoms. The van der Waals surface area contributed by atoms with Crippen molar-refractivity contribution in [1.82, 2.24) is 15.2 Å². The van der Waals surface area contributed by atoms with E-state index in [-0.39, 0.29) is 23.2 Å². The molecular weight excluding hydrogens is 406 g/mol. The molecule has 1 fully saturated rings. The number of nitrogens with zero attached hydrogens (tertiary/aromatic N) is 2. The molecule has 1 aromatic heterocycles. The van der Waals surface area contributed by atoms with Gasteiger partial charge in [-0.2, -0.15) is 0 Å². The highest BCUT2D eigenvalue weighted by molar-refractivity contribution is 5.99. The normalized spacial score (nSPS) is 15.0. The standard InChI is InChI=1S/C25H29N3O4/c29-23(10-5-19-4-3-13-26-18-19)27-14-1-2-15-28-16-11-21(12-17-28)24(30)20-6-8-22(9-7-20)25(31)32/h3-10,13,18,21H,1-2,11-12,14-17H2,(H,27,29)(H,31,32). The Hall–Kier alpha value is -3.32. The Morgan fingerprint density at radius 2 is 1.78 bits per heavy atom. The molecule has 0 saturated carbocycles. The predicted molar refractivity (Wildman–Crippen MR) is 122 cm³/mol. The van der Waals surface area contributed by atoms with Crippen molar-refractivity contribution in [2.24, 2.45) is 5.92 Å². The van der Waals surface area contributed by atoms with E-state index in [0.717, 1.165) is 50.9 Å². The van der Waals surface area contributed by atoms with Gasteiger partial charge in [0, 0.05) is 36.5 Å². The second-order valence-electron chi connectivity index (χ2n) is 7.98. The Labute approximate surface area is 188 Å². The van der Waals surface area contributed by atoms with Crippen molar-refractivity contribution in [2.75, 3.05) is 26.2 Å². The molecule has 0 aliphatic carbocycles. The average molecular weight is 436 g/mol. The summed E-state index contributed by atoms with van der Waals surface area (Å²) in [6.45, 7) is 3.35. The maximum absolute atomic E-state index is 12.7. The second-order valence-corrected chi connectivity index (χ2v) is 7.98. The Bertz CT molecular complexity index is 933. The first-order valence-electron chi connectivity index (χ1n) is 11.0. The molecule has 1 aliphatic heterocycles. The summed E-state index contributed by atoms with van der Waals surface area (Å²) >= 11 is 0. The number of nitrogens with one attached hydrogen (secondary N) is 1. The van der Waals surface area contributed by atoms with Gasteiger partial charge in [-0.05, 0) is 75.2 Å². The highest BCUT2D eigenvalue weighted by Gasteiger charge is 2.25. The molecule has 1 amide bonds. The van der Waals surface area contributed by atoms with E-state index in [2.05, 4.69) is 15.2 Å². The van der Waals surface area contributed by atoms with E-state index in [4.69, 9.17) is 5.11 Å². The fourth-order valence-corrected chi connectivity index (χ4v) is 3.81. The van der Waals surface area contributed by atoms with Crippen molar-refractivity contribution in [3.05, 3.63) is 71.6 Å². The smallest absolute Gasteiger partial charge is 0.335 e. The molecule has 0 atom stereocenters. The molecule has 2 N–H and O–H groups in total. The van der Waals surface area contributed by atoms with Crippen LogP contribution in [-0.4, -0.2) is 58.8 Å². The third-order valence-electron chi connectivity index (χ3n) is 5.69. The maximum Gasteiger partial charge on any atom is 0.335 e. The summed E-state index contributed by atoms with van der Waals surface area (Å²) < 4.78 is 0. The number of carbonyl (C=O) groups is 3. The Morgan fingerprint density at radius 3 is 2.44 bits per heavy atom. The molecule has 3 rings (SSSR count). The van der Waals surface area contributed by atoms with Crippen LogP contribution in [0.4, 0.5) is 0 Å². The molecule has 2 heterocycles. The van der Waals surface area contributed by atoms with Gasteiger partial charge in [0.15, 0.2) is 5.78 Å². The largest absolute Gasteiger partial charge is 0.478 e. The van der Waals surface area contributed by atoms with Crippen molar-refractivity contribution >= 4 is 23.7 Å². The summed E-state index contributed by atoms with van der Waals surface area (Å²) in [5, 5.41) is 11.9. The van der Waals surface area contributed by atoms with Crippen molar-refractivity contribution in [1.29, 1.82) is 0 Å². The van der Waals surface area contributed by atoms with Gasteiger partial charge < -0.3 is 15.3 Å². The number of rotatable bonds is 10. The summed E-state index contributed by atoms with van der Waals surface area (Å²) in [6.07, 6.45) is 10.2. The van der Waals surface area contributed by atoms with Gasteiger partial charge in [-0.1, -0.05) is 18.2 Å². The molecule has 0 radical (unpaired) electrons. The SMILES string of the molecule is O=C(C=Cc1cccnc1)NCCCCN1CCC(C(=O)c2ccc(C(=O)O)cc2)CC1.